The Morgan fingerprint density at radius 1 is 1.29 bits per heavy atom. The van der Waals surface area contributed by atoms with Crippen LogP contribution in [-0.2, 0) is 4.79 Å². The van der Waals surface area contributed by atoms with E-state index in [-0.39, 0.29) is 24.1 Å². The maximum atomic E-state index is 12.0. The minimum atomic E-state index is -0.256. The van der Waals surface area contributed by atoms with Gasteiger partial charge in [0.25, 0.3) is 0 Å². The van der Waals surface area contributed by atoms with E-state index in [1.54, 1.807) is 0 Å². The van der Waals surface area contributed by atoms with Crippen molar-refractivity contribution in [3.05, 3.63) is 0 Å². The van der Waals surface area contributed by atoms with Crippen molar-refractivity contribution in [3.8, 4) is 0 Å². The molecule has 4 heteroatoms. The van der Waals surface area contributed by atoms with E-state index in [0.29, 0.717) is 12.3 Å². The smallest absolute Gasteiger partial charge is 0.237 e. The molecule has 2 aliphatic rings. The summed E-state index contributed by atoms with van der Waals surface area (Å²) in [6.07, 6.45) is 5.70. The summed E-state index contributed by atoms with van der Waals surface area (Å²) >= 11 is 0. The van der Waals surface area contributed by atoms with Crippen LogP contribution in [0, 0.1) is 5.92 Å². The first-order valence-electron chi connectivity index (χ1n) is 6.88. The maximum Gasteiger partial charge on any atom is 0.237 e. The summed E-state index contributed by atoms with van der Waals surface area (Å²) in [6, 6.07) is 0.151. The van der Waals surface area contributed by atoms with Gasteiger partial charge in [-0.2, -0.15) is 0 Å². The van der Waals surface area contributed by atoms with Crippen LogP contribution >= 0.6 is 0 Å². The Labute approximate surface area is 103 Å². The molecule has 0 aromatic rings. The van der Waals surface area contributed by atoms with E-state index >= 15 is 0 Å². The molecule has 0 aromatic heterocycles. The highest BCUT2D eigenvalue weighted by atomic mass is 16.3. The van der Waals surface area contributed by atoms with E-state index in [0.717, 1.165) is 32.2 Å². The average molecular weight is 240 g/mol. The lowest BCUT2D eigenvalue weighted by atomic mass is 9.84. The maximum absolute atomic E-state index is 12.0. The van der Waals surface area contributed by atoms with Gasteiger partial charge in [-0.1, -0.05) is 13.3 Å². The molecule has 1 saturated heterocycles. The van der Waals surface area contributed by atoms with Gasteiger partial charge in [0.2, 0.25) is 5.91 Å². The molecule has 4 atom stereocenters. The van der Waals surface area contributed by atoms with Crippen molar-refractivity contribution < 1.29 is 9.90 Å². The normalized spacial score (nSPS) is 38.7. The van der Waals surface area contributed by atoms with E-state index in [9.17, 15) is 9.90 Å². The van der Waals surface area contributed by atoms with Crippen LogP contribution in [0.4, 0.5) is 0 Å². The molecule has 2 fully saturated rings. The Balaban J connectivity index is 1.78. The second kappa shape index (κ2) is 5.83. The summed E-state index contributed by atoms with van der Waals surface area (Å²) in [5.41, 5.74) is 0. The number of aliphatic hydroxyl groups excluding tert-OH is 1. The molecule has 98 valence electrons. The molecule has 2 unspecified atom stereocenters. The van der Waals surface area contributed by atoms with Crippen molar-refractivity contribution in [3.63, 3.8) is 0 Å². The molecule has 3 N–H and O–H groups in total. The number of aliphatic hydroxyl groups is 1. The van der Waals surface area contributed by atoms with Crippen molar-refractivity contribution in [1.82, 2.24) is 10.6 Å². The number of amides is 1. The Morgan fingerprint density at radius 2 is 2.12 bits per heavy atom. The van der Waals surface area contributed by atoms with Crippen LogP contribution in [0.15, 0.2) is 0 Å². The van der Waals surface area contributed by atoms with Crippen molar-refractivity contribution in [2.45, 2.75) is 63.6 Å². The molecule has 0 aromatic carbocycles. The summed E-state index contributed by atoms with van der Waals surface area (Å²) in [6.45, 7) is 3.02. The quantitative estimate of drug-likeness (QED) is 0.669. The second-order valence-corrected chi connectivity index (χ2v) is 5.57. The molecule has 1 heterocycles. The first-order chi connectivity index (χ1) is 8.16. The highest BCUT2D eigenvalue weighted by Gasteiger charge is 2.29. The Hall–Kier alpha value is -0.610. The standard InChI is InChI=1S/C13H24N2O2/c1-9-5-6-10(8-12(9)16)15-13(17)11-4-2-3-7-14-11/h9-12,14,16H,2-8H2,1H3,(H,15,17)/t9-,10-,11?,12?/m1/s1. The van der Waals surface area contributed by atoms with Crippen LogP contribution in [0.1, 0.15) is 45.4 Å². The zero-order valence-electron chi connectivity index (χ0n) is 10.6. The topological polar surface area (TPSA) is 61.4 Å². The third-order valence-corrected chi connectivity index (χ3v) is 4.13. The molecule has 1 saturated carbocycles. The number of hydrogen-bond acceptors (Lipinski definition) is 3. The number of piperidine rings is 1. The predicted octanol–water partition coefficient (Wildman–Crippen LogP) is 0.794. The van der Waals surface area contributed by atoms with E-state index < -0.39 is 0 Å². The predicted molar refractivity (Wildman–Crippen MR) is 66.6 cm³/mol. The third kappa shape index (κ3) is 3.42. The van der Waals surface area contributed by atoms with Gasteiger partial charge >= 0.3 is 0 Å². The van der Waals surface area contributed by atoms with E-state index in [1.807, 2.05) is 0 Å². The summed E-state index contributed by atoms with van der Waals surface area (Å²) in [5.74, 6) is 0.493. The van der Waals surface area contributed by atoms with Crippen LogP contribution < -0.4 is 10.6 Å². The minimum Gasteiger partial charge on any atom is -0.393 e. The van der Waals surface area contributed by atoms with Gasteiger partial charge in [-0.05, 0) is 44.6 Å². The number of hydrogen-bond donors (Lipinski definition) is 3. The molecular formula is C13H24N2O2. The van der Waals surface area contributed by atoms with Crippen molar-refractivity contribution in [1.29, 1.82) is 0 Å². The van der Waals surface area contributed by atoms with Gasteiger partial charge < -0.3 is 15.7 Å². The summed E-state index contributed by atoms with van der Waals surface area (Å²) in [5, 5.41) is 16.1. The van der Waals surface area contributed by atoms with E-state index in [2.05, 4.69) is 17.6 Å². The van der Waals surface area contributed by atoms with Gasteiger partial charge in [0.1, 0.15) is 0 Å². The number of rotatable bonds is 2. The third-order valence-electron chi connectivity index (χ3n) is 4.13. The lowest BCUT2D eigenvalue weighted by Crippen LogP contribution is -2.51. The fourth-order valence-corrected chi connectivity index (χ4v) is 2.81. The lowest BCUT2D eigenvalue weighted by molar-refractivity contribution is -0.125. The fraction of sp³-hybridized carbons (Fsp3) is 0.923. The number of carbonyl (C=O) groups excluding carboxylic acids is 1. The van der Waals surface area contributed by atoms with E-state index in [1.165, 1.54) is 6.42 Å². The molecule has 1 aliphatic heterocycles. The lowest BCUT2D eigenvalue weighted by Gasteiger charge is -2.33. The fourth-order valence-electron chi connectivity index (χ4n) is 2.81. The van der Waals surface area contributed by atoms with Gasteiger partial charge in [0.05, 0.1) is 12.1 Å². The van der Waals surface area contributed by atoms with Gasteiger partial charge in [-0.3, -0.25) is 4.79 Å². The molecular weight excluding hydrogens is 216 g/mol. The zero-order valence-corrected chi connectivity index (χ0v) is 10.6. The van der Waals surface area contributed by atoms with Gasteiger partial charge in [0.15, 0.2) is 0 Å². The SMILES string of the molecule is C[C@@H]1CC[C@@H](NC(=O)C2CCCCN2)CC1O. The highest BCUT2D eigenvalue weighted by Crippen LogP contribution is 2.24. The van der Waals surface area contributed by atoms with Gasteiger partial charge in [0, 0.05) is 6.04 Å². The zero-order chi connectivity index (χ0) is 12.3. The Bertz CT molecular complexity index is 264. The monoisotopic (exact) mass is 240 g/mol. The molecule has 4 nitrogen and oxygen atoms in total. The van der Waals surface area contributed by atoms with Crippen molar-refractivity contribution in [2.75, 3.05) is 6.54 Å². The summed E-state index contributed by atoms with van der Waals surface area (Å²) < 4.78 is 0. The highest BCUT2D eigenvalue weighted by molar-refractivity contribution is 5.82. The molecule has 0 bridgehead atoms. The van der Waals surface area contributed by atoms with Crippen LogP contribution in [0.2, 0.25) is 0 Å². The molecule has 0 spiro atoms. The van der Waals surface area contributed by atoms with Crippen molar-refractivity contribution >= 4 is 5.91 Å². The first-order valence-corrected chi connectivity index (χ1v) is 6.88. The average Bonchev–Trinajstić information content (AvgIpc) is 2.35. The molecule has 17 heavy (non-hydrogen) atoms. The molecule has 1 aliphatic carbocycles. The van der Waals surface area contributed by atoms with E-state index in [4.69, 9.17) is 0 Å². The second-order valence-electron chi connectivity index (χ2n) is 5.57. The molecule has 2 rings (SSSR count). The Morgan fingerprint density at radius 3 is 2.76 bits per heavy atom. The van der Waals surface area contributed by atoms with Crippen LogP contribution in [-0.4, -0.2) is 35.7 Å². The summed E-state index contributed by atoms with van der Waals surface area (Å²) in [7, 11) is 0. The van der Waals surface area contributed by atoms with Gasteiger partial charge in [-0.15, -0.1) is 0 Å². The first kappa shape index (κ1) is 12.8. The van der Waals surface area contributed by atoms with Crippen LogP contribution in [0.3, 0.4) is 0 Å². The van der Waals surface area contributed by atoms with Gasteiger partial charge in [-0.25, -0.2) is 0 Å². The summed E-state index contributed by atoms with van der Waals surface area (Å²) in [4.78, 5) is 12.0. The van der Waals surface area contributed by atoms with Crippen LogP contribution in [0.25, 0.3) is 0 Å². The Kier molecular flexibility index (Phi) is 4.40. The minimum absolute atomic E-state index is 0.0137. The number of carbonyl (C=O) groups is 1. The molecule has 1 amide bonds. The number of nitrogens with one attached hydrogen (secondary N) is 2. The largest absolute Gasteiger partial charge is 0.393 e. The van der Waals surface area contributed by atoms with Crippen LogP contribution in [0.5, 0.6) is 0 Å². The molecule has 0 radical (unpaired) electrons. The van der Waals surface area contributed by atoms with Crippen molar-refractivity contribution in [2.24, 2.45) is 5.92 Å².